The second-order valence-corrected chi connectivity index (χ2v) is 6.88. The van der Waals surface area contributed by atoms with Gasteiger partial charge in [-0.05, 0) is 38.3 Å². The summed E-state index contributed by atoms with van der Waals surface area (Å²) in [6.07, 6.45) is 3.64. The Hall–Kier alpha value is -1.66. The van der Waals surface area contributed by atoms with Crippen molar-refractivity contribution in [2.75, 3.05) is 40.5 Å². The first-order valence-corrected chi connectivity index (χ1v) is 8.97. The molecule has 1 aromatic carbocycles. The van der Waals surface area contributed by atoms with Gasteiger partial charge in [0.2, 0.25) is 5.91 Å². The highest BCUT2D eigenvalue weighted by atomic mass is 19.1. The monoisotopic (exact) mass is 350 g/mol. The molecule has 0 N–H and O–H groups in total. The SMILES string of the molecule is COCCN1CCCC2(CCCN2Cc2cccc(OC)c2F)C1=O. The molecule has 0 saturated carbocycles. The van der Waals surface area contributed by atoms with Crippen LogP contribution in [0, 0.1) is 5.82 Å². The van der Waals surface area contributed by atoms with E-state index in [4.69, 9.17) is 9.47 Å². The first-order valence-electron chi connectivity index (χ1n) is 8.97. The molecule has 1 amide bonds. The highest BCUT2D eigenvalue weighted by molar-refractivity contribution is 5.87. The van der Waals surface area contributed by atoms with Gasteiger partial charge in [-0.3, -0.25) is 9.69 Å². The number of benzene rings is 1. The van der Waals surface area contributed by atoms with E-state index in [1.54, 1.807) is 25.3 Å². The number of likely N-dealkylation sites (tertiary alicyclic amines) is 2. The molecule has 1 unspecified atom stereocenters. The Balaban J connectivity index is 1.81. The standard InChI is InChI=1S/C19H27FN2O3/c1-24-13-12-21-10-4-8-19(18(21)23)9-5-11-22(19)14-15-6-3-7-16(25-2)17(15)20/h3,6-7H,4-5,8-14H2,1-2H3. The van der Waals surface area contributed by atoms with Gasteiger partial charge in [0.25, 0.3) is 0 Å². The molecule has 1 atom stereocenters. The van der Waals surface area contributed by atoms with E-state index in [0.29, 0.717) is 25.3 Å². The minimum atomic E-state index is -0.485. The van der Waals surface area contributed by atoms with Crippen LogP contribution < -0.4 is 4.74 Å². The van der Waals surface area contributed by atoms with E-state index in [-0.39, 0.29) is 17.5 Å². The molecule has 2 aliphatic heterocycles. The third kappa shape index (κ3) is 3.37. The zero-order valence-corrected chi connectivity index (χ0v) is 15.1. The zero-order valence-electron chi connectivity index (χ0n) is 15.1. The van der Waals surface area contributed by atoms with Gasteiger partial charge in [0.05, 0.1) is 13.7 Å². The Kier molecular flexibility index (Phi) is 5.59. The summed E-state index contributed by atoms with van der Waals surface area (Å²) in [6, 6.07) is 5.20. The summed E-state index contributed by atoms with van der Waals surface area (Å²) in [6.45, 7) is 3.21. The Labute approximate surface area is 148 Å². The molecule has 0 radical (unpaired) electrons. The second kappa shape index (κ2) is 7.70. The molecule has 0 aliphatic carbocycles. The number of halogens is 1. The maximum absolute atomic E-state index is 14.6. The van der Waals surface area contributed by atoms with Gasteiger partial charge in [-0.15, -0.1) is 0 Å². The van der Waals surface area contributed by atoms with E-state index >= 15 is 0 Å². The summed E-state index contributed by atoms with van der Waals surface area (Å²) < 4.78 is 24.8. The van der Waals surface area contributed by atoms with Crippen LogP contribution >= 0.6 is 0 Å². The topological polar surface area (TPSA) is 42.0 Å². The molecule has 3 rings (SSSR count). The van der Waals surface area contributed by atoms with Crippen LogP contribution in [0.4, 0.5) is 4.39 Å². The van der Waals surface area contributed by atoms with Crippen molar-refractivity contribution in [1.82, 2.24) is 9.80 Å². The summed E-state index contributed by atoms with van der Waals surface area (Å²) in [7, 11) is 3.12. The maximum Gasteiger partial charge on any atom is 0.243 e. The summed E-state index contributed by atoms with van der Waals surface area (Å²) in [5.74, 6) is 0.102. The van der Waals surface area contributed by atoms with Gasteiger partial charge in [-0.25, -0.2) is 4.39 Å². The molecule has 2 saturated heterocycles. The Morgan fingerprint density at radius 2 is 1.96 bits per heavy atom. The number of carbonyl (C=O) groups is 1. The van der Waals surface area contributed by atoms with Gasteiger partial charge in [0, 0.05) is 32.3 Å². The third-order valence-corrected chi connectivity index (χ3v) is 5.52. The van der Waals surface area contributed by atoms with E-state index in [1.165, 1.54) is 7.11 Å². The fraction of sp³-hybridized carbons (Fsp3) is 0.632. The molecule has 2 aliphatic rings. The van der Waals surface area contributed by atoms with E-state index in [9.17, 15) is 9.18 Å². The van der Waals surface area contributed by atoms with Crippen molar-refractivity contribution in [3.05, 3.63) is 29.6 Å². The molecule has 1 aromatic rings. The molecule has 0 bridgehead atoms. The quantitative estimate of drug-likeness (QED) is 0.790. The van der Waals surface area contributed by atoms with Gasteiger partial charge >= 0.3 is 0 Å². The predicted octanol–water partition coefficient (Wildman–Crippen LogP) is 2.44. The van der Waals surface area contributed by atoms with E-state index in [2.05, 4.69) is 4.90 Å². The average Bonchev–Trinajstić information content (AvgIpc) is 3.01. The van der Waals surface area contributed by atoms with Gasteiger partial charge in [-0.1, -0.05) is 12.1 Å². The average molecular weight is 350 g/mol. The fourth-order valence-corrected chi connectivity index (χ4v) is 4.21. The molecular formula is C19H27FN2O3. The van der Waals surface area contributed by atoms with Crippen molar-refractivity contribution in [1.29, 1.82) is 0 Å². The number of hydrogen-bond donors (Lipinski definition) is 0. The third-order valence-electron chi connectivity index (χ3n) is 5.52. The Morgan fingerprint density at radius 1 is 1.20 bits per heavy atom. The van der Waals surface area contributed by atoms with Gasteiger partial charge in [0.1, 0.15) is 5.54 Å². The highest BCUT2D eigenvalue weighted by Crippen LogP contribution is 2.39. The van der Waals surface area contributed by atoms with Gasteiger partial charge < -0.3 is 14.4 Å². The minimum absolute atomic E-state index is 0.177. The predicted molar refractivity (Wildman–Crippen MR) is 93.0 cm³/mol. The molecule has 25 heavy (non-hydrogen) atoms. The van der Waals surface area contributed by atoms with Gasteiger partial charge in [-0.2, -0.15) is 0 Å². The lowest BCUT2D eigenvalue weighted by molar-refractivity contribution is -0.148. The van der Waals surface area contributed by atoms with Crippen molar-refractivity contribution in [3.8, 4) is 5.75 Å². The van der Waals surface area contributed by atoms with Crippen LogP contribution in [0.5, 0.6) is 5.75 Å². The number of piperidine rings is 1. The Bertz CT molecular complexity index is 625. The fourth-order valence-electron chi connectivity index (χ4n) is 4.21. The number of methoxy groups -OCH3 is 2. The van der Waals surface area contributed by atoms with Crippen LogP contribution in [-0.2, 0) is 16.1 Å². The van der Waals surface area contributed by atoms with Crippen molar-refractivity contribution in [3.63, 3.8) is 0 Å². The normalized spacial score (nSPS) is 24.3. The van der Waals surface area contributed by atoms with Crippen molar-refractivity contribution in [2.24, 2.45) is 0 Å². The number of amides is 1. The number of nitrogens with zero attached hydrogens (tertiary/aromatic N) is 2. The molecular weight excluding hydrogens is 323 g/mol. The smallest absolute Gasteiger partial charge is 0.243 e. The second-order valence-electron chi connectivity index (χ2n) is 6.88. The van der Waals surface area contributed by atoms with Crippen molar-refractivity contribution in [2.45, 2.75) is 37.8 Å². The molecule has 6 heteroatoms. The molecule has 2 fully saturated rings. The van der Waals surface area contributed by atoms with Crippen LogP contribution in [0.2, 0.25) is 0 Å². The number of rotatable bonds is 6. The molecule has 1 spiro atoms. The zero-order chi connectivity index (χ0) is 17.9. The number of ether oxygens (including phenoxy) is 2. The van der Waals surface area contributed by atoms with Crippen LogP contribution in [0.3, 0.4) is 0 Å². The highest BCUT2D eigenvalue weighted by Gasteiger charge is 2.50. The van der Waals surface area contributed by atoms with Crippen LogP contribution in [-0.4, -0.2) is 61.7 Å². The lowest BCUT2D eigenvalue weighted by Gasteiger charge is -2.44. The molecule has 5 nitrogen and oxygen atoms in total. The lowest BCUT2D eigenvalue weighted by Crippen LogP contribution is -2.60. The van der Waals surface area contributed by atoms with Crippen LogP contribution in [0.25, 0.3) is 0 Å². The summed E-state index contributed by atoms with van der Waals surface area (Å²) in [5.41, 5.74) is 0.101. The minimum Gasteiger partial charge on any atom is -0.494 e. The number of hydrogen-bond acceptors (Lipinski definition) is 4. The van der Waals surface area contributed by atoms with E-state index in [1.807, 2.05) is 4.90 Å². The Morgan fingerprint density at radius 3 is 2.68 bits per heavy atom. The van der Waals surface area contributed by atoms with Crippen molar-refractivity contribution < 1.29 is 18.7 Å². The lowest BCUT2D eigenvalue weighted by atomic mass is 9.85. The summed E-state index contributed by atoms with van der Waals surface area (Å²) >= 11 is 0. The first kappa shape index (κ1) is 18.1. The first-order chi connectivity index (χ1) is 12.1. The molecule has 138 valence electrons. The van der Waals surface area contributed by atoms with Crippen molar-refractivity contribution >= 4 is 5.91 Å². The maximum atomic E-state index is 14.6. The molecule has 0 aromatic heterocycles. The van der Waals surface area contributed by atoms with Crippen LogP contribution in [0.15, 0.2) is 18.2 Å². The largest absolute Gasteiger partial charge is 0.494 e. The van der Waals surface area contributed by atoms with E-state index in [0.717, 1.165) is 38.8 Å². The number of carbonyl (C=O) groups excluding carboxylic acids is 1. The van der Waals surface area contributed by atoms with E-state index < -0.39 is 5.54 Å². The summed E-state index contributed by atoms with van der Waals surface area (Å²) in [4.78, 5) is 17.3. The van der Waals surface area contributed by atoms with Gasteiger partial charge in [0.15, 0.2) is 11.6 Å². The summed E-state index contributed by atoms with van der Waals surface area (Å²) in [5, 5.41) is 0. The van der Waals surface area contributed by atoms with Crippen LogP contribution in [0.1, 0.15) is 31.2 Å². The molecule has 2 heterocycles.